The van der Waals surface area contributed by atoms with Crippen molar-refractivity contribution < 1.29 is 4.79 Å². The maximum atomic E-state index is 11.4. The molecule has 0 aromatic heterocycles. The molecule has 6 nitrogen and oxygen atoms in total. The van der Waals surface area contributed by atoms with Gasteiger partial charge in [-0.05, 0) is 63.6 Å². The molecule has 3 N–H and O–H groups in total. The van der Waals surface area contributed by atoms with Crippen molar-refractivity contribution in [2.45, 2.75) is 39.0 Å². The third-order valence-electron chi connectivity index (χ3n) is 6.09. The van der Waals surface area contributed by atoms with Gasteiger partial charge in [-0.15, -0.1) is 24.0 Å². The predicted molar refractivity (Wildman–Crippen MR) is 134 cm³/mol. The van der Waals surface area contributed by atoms with Crippen molar-refractivity contribution in [1.82, 2.24) is 15.1 Å². The molecule has 7 heteroatoms. The van der Waals surface area contributed by atoms with Gasteiger partial charge < -0.3 is 20.9 Å². The second-order valence-corrected chi connectivity index (χ2v) is 8.42. The SMILES string of the molecule is CCNC(=NCCCN1CCCC(C(N)=O)C1)N1CCC(Cc2ccccc2)C1.I. The van der Waals surface area contributed by atoms with Crippen molar-refractivity contribution in [2.24, 2.45) is 22.6 Å². The molecule has 2 atom stereocenters. The van der Waals surface area contributed by atoms with E-state index in [9.17, 15) is 4.79 Å². The van der Waals surface area contributed by atoms with Crippen LogP contribution < -0.4 is 11.1 Å². The Morgan fingerprint density at radius 2 is 2.00 bits per heavy atom. The summed E-state index contributed by atoms with van der Waals surface area (Å²) < 4.78 is 0. The number of rotatable bonds is 8. The van der Waals surface area contributed by atoms with Crippen LogP contribution in [0, 0.1) is 11.8 Å². The predicted octanol–water partition coefficient (Wildman–Crippen LogP) is 2.72. The zero-order valence-electron chi connectivity index (χ0n) is 18.3. The maximum absolute atomic E-state index is 11.4. The van der Waals surface area contributed by atoms with Gasteiger partial charge in [0.15, 0.2) is 5.96 Å². The number of nitrogens with one attached hydrogen (secondary N) is 1. The standard InChI is InChI=1S/C23H37N5O.HI/c1-2-25-23(26-12-7-14-27-13-6-10-21(18-27)22(24)29)28-15-11-20(17-28)16-19-8-4-3-5-9-19;/h3-5,8-9,20-21H,2,6-7,10-18H2,1H3,(H2,24,29)(H,25,26);1H. The lowest BCUT2D eigenvalue weighted by molar-refractivity contribution is -0.123. The van der Waals surface area contributed by atoms with Gasteiger partial charge >= 0.3 is 0 Å². The van der Waals surface area contributed by atoms with Gasteiger partial charge in [0.25, 0.3) is 0 Å². The highest BCUT2D eigenvalue weighted by Crippen LogP contribution is 2.21. The molecule has 168 valence electrons. The number of carbonyl (C=O) groups is 1. The summed E-state index contributed by atoms with van der Waals surface area (Å²) in [4.78, 5) is 21.1. The Morgan fingerprint density at radius 3 is 2.73 bits per heavy atom. The molecule has 0 radical (unpaired) electrons. The molecule has 0 spiro atoms. The van der Waals surface area contributed by atoms with Gasteiger partial charge in [-0.3, -0.25) is 9.79 Å². The lowest BCUT2D eigenvalue weighted by atomic mass is 9.97. The Balaban J connectivity index is 0.00000320. The fourth-order valence-electron chi connectivity index (χ4n) is 4.54. The summed E-state index contributed by atoms with van der Waals surface area (Å²) in [5.41, 5.74) is 6.91. The molecule has 2 unspecified atom stereocenters. The van der Waals surface area contributed by atoms with Gasteiger partial charge in [-0.25, -0.2) is 0 Å². The lowest BCUT2D eigenvalue weighted by Gasteiger charge is -2.30. The van der Waals surface area contributed by atoms with Gasteiger partial charge in [-0.2, -0.15) is 0 Å². The van der Waals surface area contributed by atoms with Crippen LogP contribution >= 0.6 is 24.0 Å². The van der Waals surface area contributed by atoms with Crippen molar-refractivity contribution in [3.63, 3.8) is 0 Å². The Labute approximate surface area is 198 Å². The molecular weight excluding hydrogens is 489 g/mol. The Hall–Kier alpha value is -1.35. The molecule has 0 aliphatic carbocycles. The van der Waals surface area contributed by atoms with E-state index in [-0.39, 0.29) is 35.8 Å². The number of likely N-dealkylation sites (tertiary alicyclic amines) is 2. The quantitative estimate of drug-likeness (QED) is 0.236. The number of nitrogens with zero attached hydrogens (tertiary/aromatic N) is 3. The third-order valence-corrected chi connectivity index (χ3v) is 6.09. The van der Waals surface area contributed by atoms with E-state index in [2.05, 4.69) is 52.4 Å². The first-order valence-electron chi connectivity index (χ1n) is 11.2. The minimum atomic E-state index is -0.152. The molecule has 1 amide bonds. The number of piperidine rings is 1. The van der Waals surface area contributed by atoms with Crippen molar-refractivity contribution >= 4 is 35.8 Å². The molecule has 2 fully saturated rings. The smallest absolute Gasteiger partial charge is 0.221 e. The van der Waals surface area contributed by atoms with E-state index in [4.69, 9.17) is 10.7 Å². The summed E-state index contributed by atoms with van der Waals surface area (Å²) in [5.74, 6) is 1.62. The highest BCUT2D eigenvalue weighted by Gasteiger charge is 2.25. The van der Waals surface area contributed by atoms with Crippen LogP contribution in [0.3, 0.4) is 0 Å². The molecule has 1 aromatic rings. The molecule has 2 aliphatic heterocycles. The van der Waals surface area contributed by atoms with Gasteiger partial charge in [0.05, 0.1) is 5.92 Å². The fraction of sp³-hybridized carbons (Fsp3) is 0.652. The summed E-state index contributed by atoms with van der Waals surface area (Å²) in [5, 5.41) is 3.47. The Morgan fingerprint density at radius 1 is 1.20 bits per heavy atom. The normalized spacial score (nSPS) is 22.6. The van der Waals surface area contributed by atoms with E-state index >= 15 is 0 Å². The summed E-state index contributed by atoms with van der Waals surface area (Å²) in [6, 6.07) is 10.8. The Bertz CT molecular complexity index is 669. The van der Waals surface area contributed by atoms with Crippen LogP contribution in [0.4, 0.5) is 0 Å². The number of halogens is 1. The number of benzene rings is 1. The number of primary amides is 1. The monoisotopic (exact) mass is 527 g/mol. The summed E-state index contributed by atoms with van der Waals surface area (Å²) in [6.45, 7) is 8.87. The Kier molecular flexibility index (Phi) is 10.9. The average Bonchev–Trinajstić information content (AvgIpc) is 3.19. The van der Waals surface area contributed by atoms with E-state index in [1.54, 1.807) is 0 Å². The van der Waals surface area contributed by atoms with E-state index in [0.29, 0.717) is 5.92 Å². The summed E-state index contributed by atoms with van der Waals surface area (Å²) >= 11 is 0. The molecule has 30 heavy (non-hydrogen) atoms. The van der Waals surface area contributed by atoms with Crippen LogP contribution in [-0.2, 0) is 11.2 Å². The second-order valence-electron chi connectivity index (χ2n) is 8.42. The molecule has 0 saturated carbocycles. The van der Waals surface area contributed by atoms with Gasteiger partial charge in [0.1, 0.15) is 0 Å². The number of aliphatic imine (C=N–C) groups is 1. The molecular formula is C23H38IN5O. The van der Waals surface area contributed by atoms with Gasteiger partial charge in [-0.1, -0.05) is 30.3 Å². The van der Waals surface area contributed by atoms with Crippen LogP contribution in [0.15, 0.2) is 35.3 Å². The number of hydrogen-bond acceptors (Lipinski definition) is 3. The number of carbonyl (C=O) groups excluding carboxylic acids is 1. The van der Waals surface area contributed by atoms with Crippen molar-refractivity contribution in [3.8, 4) is 0 Å². The van der Waals surface area contributed by atoms with Crippen molar-refractivity contribution in [2.75, 3.05) is 45.8 Å². The van der Waals surface area contributed by atoms with E-state index in [0.717, 1.165) is 77.5 Å². The minimum absolute atomic E-state index is 0. The first-order valence-corrected chi connectivity index (χ1v) is 11.2. The largest absolute Gasteiger partial charge is 0.369 e. The maximum Gasteiger partial charge on any atom is 0.221 e. The minimum Gasteiger partial charge on any atom is -0.369 e. The number of hydrogen-bond donors (Lipinski definition) is 2. The van der Waals surface area contributed by atoms with Crippen LogP contribution in [0.2, 0.25) is 0 Å². The first kappa shape index (κ1) is 24.9. The fourth-order valence-corrected chi connectivity index (χ4v) is 4.54. The van der Waals surface area contributed by atoms with Crippen LogP contribution in [-0.4, -0.2) is 67.5 Å². The summed E-state index contributed by atoms with van der Waals surface area (Å²) in [6.07, 6.45) is 5.39. The topological polar surface area (TPSA) is 74.0 Å². The van der Waals surface area contributed by atoms with Crippen LogP contribution in [0.5, 0.6) is 0 Å². The van der Waals surface area contributed by atoms with Crippen molar-refractivity contribution in [3.05, 3.63) is 35.9 Å². The lowest BCUT2D eigenvalue weighted by Crippen LogP contribution is -2.42. The molecule has 2 aliphatic rings. The molecule has 2 saturated heterocycles. The first-order chi connectivity index (χ1) is 14.2. The van der Waals surface area contributed by atoms with Crippen molar-refractivity contribution in [1.29, 1.82) is 0 Å². The zero-order chi connectivity index (χ0) is 20.5. The number of guanidine groups is 1. The second kappa shape index (κ2) is 13.1. The van der Waals surface area contributed by atoms with E-state index in [1.807, 2.05) is 0 Å². The van der Waals surface area contributed by atoms with Gasteiger partial charge in [0, 0.05) is 32.7 Å². The average molecular weight is 527 g/mol. The van der Waals surface area contributed by atoms with E-state index in [1.165, 1.54) is 12.0 Å². The molecule has 3 rings (SSSR count). The molecule has 0 bridgehead atoms. The summed E-state index contributed by atoms with van der Waals surface area (Å²) in [7, 11) is 0. The van der Waals surface area contributed by atoms with Crippen LogP contribution in [0.1, 0.15) is 38.2 Å². The van der Waals surface area contributed by atoms with E-state index < -0.39 is 0 Å². The number of nitrogens with two attached hydrogens (primary N) is 1. The van der Waals surface area contributed by atoms with Crippen LogP contribution in [0.25, 0.3) is 0 Å². The zero-order valence-corrected chi connectivity index (χ0v) is 20.6. The number of amides is 1. The highest BCUT2D eigenvalue weighted by atomic mass is 127. The highest BCUT2D eigenvalue weighted by molar-refractivity contribution is 14.0. The third kappa shape index (κ3) is 7.72. The molecule has 2 heterocycles. The van der Waals surface area contributed by atoms with Gasteiger partial charge in [0.2, 0.25) is 5.91 Å². The molecule has 1 aromatic carbocycles.